The molecule has 1 fully saturated rings. The Labute approximate surface area is 123 Å². The van der Waals surface area contributed by atoms with E-state index < -0.39 is 4.92 Å². The Morgan fingerprint density at radius 1 is 1.50 bits per heavy atom. The molecular weight excluding hydrogens is 280 g/mol. The molecule has 0 aliphatic heterocycles. The number of hydrogen-bond acceptors (Lipinski definition) is 4. The lowest BCUT2D eigenvalue weighted by atomic mass is 9.62. The average molecular weight is 299 g/mol. The molecule has 5 nitrogen and oxygen atoms in total. The van der Waals surface area contributed by atoms with Gasteiger partial charge in [0.25, 0.3) is 0 Å². The molecule has 0 spiro atoms. The molecule has 0 aromatic carbocycles. The zero-order chi connectivity index (χ0) is 14.9. The number of alkyl halides is 1. The standard InChI is InChI=1S/C14H19ClN2O3/c1-4-14(5-2)11(15)8-12(14)20-10-7-6-9(3)16-13(10)17(18)19/h6-7,11-12H,4-5,8H2,1-3H3. The van der Waals surface area contributed by atoms with E-state index in [9.17, 15) is 10.1 Å². The molecule has 1 aromatic rings. The van der Waals surface area contributed by atoms with Crippen LogP contribution in [0.25, 0.3) is 0 Å². The third kappa shape index (κ3) is 2.35. The van der Waals surface area contributed by atoms with E-state index in [-0.39, 0.29) is 28.5 Å². The van der Waals surface area contributed by atoms with Gasteiger partial charge in [0.2, 0.25) is 5.75 Å². The maximum absolute atomic E-state index is 11.1. The average Bonchev–Trinajstić information content (AvgIpc) is 2.41. The Kier molecular flexibility index (Phi) is 4.18. The van der Waals surface area contributed by atoms with E-state index >= 15 is 0 Å². The van der Waals surface area contributed by atoms with Crippen LogP contribution in [0.15, 0.2) is 12.1 Å². The first-order chi connectivity index (χ1) is 9.44. The Morgan fingerprint density at radius 2 is 2.15 bits per heavy atom. The van der Waals surface area contributed by atoms with Crippen LogP contribution in [-0.2, 0) is 0 Å². The van der Waals surface area contributed by atoms with E-state index in [1.165, 1.54) is 0 Å². The fourth-order valence-electron chi connectivity index (χ4n) is 2.92. The van der Waals surface area contributed by atoms with E-state index in [0.717, 1.165) is 12.8 Å². The van der Waals surface area contributed by atoms with E-state index in [4.69, 9.17) is 16.3 Å². The molecule has 6 heteroatoms. The van der Waals surface area contributed by atoms with E-state index in [1.54, 1.807) is 19.1 Å². The predicted octanol–water partition coefficient (Wildman–Crippen LogP) is 3.86. The molecule has 1 aliphatic rings. The normalized spacial score (nSPS) is 24.0. The van der Waals surface area contributed by atoms with Gasteiger partial charge in [-0.3, -0.25) is 0 Å². The van der Waals surface area contributed by atoms with Gasteiger partial charge < -0.3 is 14.9 Å². The summed E-state index contributed by atoms with van der Waals surface area (Å²) >= 11 is 6.33. The third-order valence-electron chi connectivity index (χ3n) is 4.42. The first-order valence-electron chi connectivity index (χ1n) is 6.87. The number of nitro groups is 1. The molecule has 2 unspecified atom stereocenters. The van der Waals surface area contributed by atoms with Crippen LogP contribution in [0, 0.1) is 22.5 Å². The van der Waals surface area contributed by atoms with Crippen LogP contribution in [0.1, 0.15) is 38.8 Å². The highest BCUT2D eigenvalue weighted by molar-refractivity contribution is 6.21. The van der Waals surface area contributed by atoms with Crippen molar-refractivity contribution in [2.45, 2.75) is 51.5 Å². The maximum Gasteiger partial charge on any atom is 0.406 e. The molecule has 0 saturated heterocycles. The fourth-order valence-corrected chi connectivity index (χ4v) is 3.53. The second-order valence-corrected chi connectivity index (χ2v) is 5.81. The largest absolute Gasteiger partial charge is 0.482 e. The van der Waals surface area contributed by atoms with Crippen LogP contribution >= 0.6 is 11.6 Å². The molecule has 2 atom stereocenters. The van der Waals surface area contributed by atoms with Gasteiger partial charge in [0.1, 0.15) is 11.8 Å². The molecule has 0 bridgehead atoms. The molecule has 0 amide bonds. The minimum Gasteiger partial charge on any atom is -0.482 e. The molecule has 1 heterocycles. The van der Waals surface area contributed by atoms with Crippen LogP contribution in [0.4, 0.5) is 5.82 Å². The van der Waals surface area contributed by atoms with Crippen molar-refractivity contribution in [3.8, 4) is 5.75 Å². The number of nitrogens with zero attached hydrogens (tertiary/aromatic N) is 2. The van der Waals surface area contributed by atoms with Crippen LogP contribution in [-0.4, -0.2) is 21.4 Å². The molecule has 0 N–H and O–H groups in total. The van der Waals surface area contributed by atoms with Crippen LogP contribution < -0.4 is 4.74 Å². The number of hydrogen-bond donors (Lipinski definition) is 0. The summed E-state index contributed by atoms with van der Waals surface area (Å²) in [6, 6.07) is 3.34. The quantitative estimate of drug-likeness (QED) is 0.470. The van der Waals surface area contributed by atoms with Crippen LogP contribution in [0.2, 0.25) is 0 Å². The minimum atomic E-state index is -0.501. The van der Waals surface area contributed by atoms with Gasteiger partial charge >= 0.3 is 5.82 Å². The summed E-state index contributed by atoms with van der Waals surface area (Å²) in [4.78, 5) is 14.5. The molecule has 0 radical (unpaired) electrons. The molecule has 1 aromatic heterocycles. The van der Waals surface area contributed by atoms with Crippen molar-refractivity contribution >= 4 is 17.4 Å². The summed E-state index contributed by atoms with van der Waals surface area (Å²) in [5.41, 5.74) is 0.505. The maximum atomic E-state index is 11.1. The minimum absolute atomic E-state index is 0.0694. The van der Waals surface area contributed by atoms with Crippen molar-refractivity contribution in [2.24, 2.45) is 5.41 Å². The Hall–Kier alpha value is -1.36. The molecule has 2 rings (SSSR count). The lowest BCUT2D eigenvalue weighted by Crippen LogP contribution is -2.56. The number of halogens is 1. The highest BCUT2D eigenvalue weighted by atomic mass is 35.5. The number of rotatable bonds is 5. The van der Waals surface area contributed by atoms with Crippen molar-refractivity contribution in [3.05, 3.63) is 27.9 Å². The van der Waals surface area contributed by atoms with Gasteiger partial charge in [-0.1, -0.05) is 13.8 Å². The first-order valence-corrected chi connectivity index (χ1v) is 7.31. The molecule has 1 aliphatic carbocycles. The Morgan fingerprint density at radius 3 is 2.65 bits per heavy atom. The lowest BCUT2D eigenvalue weighted by Gasteiger charge is -2.52. The number of aromatic nitrogens is 1. The van der Waals surface area contributed by atoms with Crippen molar-refractivity contribution in [2.75, 3.05) is 0 Å². The lowest BCUT2D eigenvalue weighted by molar-refractivity contribution is -0.391. The van der Waals surface area contributed by atoms with Gasteiger partial charge in [0.15, 0.2) is 0 Å². The third-order valence-corrected chi connectivity index (χ3v) is 5.04. The SMILES string of the molecule is CCC1(CC)C(Cl)CC1Oc1ccc(C)nc1[N+](=O)[O-]. The van der Waals surface area contributed by atoms with Crippen molar-refractivity contribution in [1.82, 2.24) is 4.98 Å². The zero-order valence-corrected chi connectivity index (χ0v) is 12.7. The van der Waals surface area contributed by atoms with Gasteiger partial charge in [-0.25, -0.2) is 0 Å². The predicted molar refractivity (Wildman–Crippen MR) is 77.3 cm³/mol. The molecule has 1 saturated carbocycles. The van der Waals surface area contributed by atoms with Gasteiger partial charge in [-0.2, -0.15) is 0 Å². The number of pyridine rings is 1. The highest BCUT2D eigenvalue weighted by Gasteiger charge is 2.54. The van der Waals surface area contributed by atoms with Crippen LogP contribution in [0.3, 0.4) is 0 Å². The first kappa shape index (κ1) is 15.0. The highest BCUT2D eigenvalue weighted by Crippen LogP contribution is 2.52. The molecular formula is C14H19ClN2O3. The topological polar surface area (TPSA) is 65.3 Å². The van der Waals surface area contributed by atoms with E-state index in [1.807, 2.05) is 0 Å². The van der Waals surface area contributed by atoms with Gasteiger partial charge in [-0.15, -0.1) is 11.6 Å². The van der Waals surface area contributed by atoms with Crippen molar-refractivity contribution in [1.29, 1.82) is 0 Å². The van der Waals surface area contributed by atoms with Gasteiger partial charge in [-0.05, 0) is 34.9 Å². The molecule has 110 valence electrons. The summed E-state index contributed by atoms with van der Waals surface area (Å²) < 4.78 is 5.88. The summed E-state index contributed by atoms with van der Waals surface area (Å²) in [7, 11) is 0. The van der Waals surface area contributed by atoms with E-state index in [2.05, 4.69) is 18.8 Å². The summed E-state index contributed by atoms with van der Waals surface area (Å²) in [6.07, 6.45) is 2.43. The van der Waals surface area contributed by atoms with Gasteiger partial charge in [0, 0.05) is 24.1 Å². The second-order valence-electron chi connectivity index (χ2n) is 5.28. The summed E-state index contributed by atoms with van der Waals surface area (Å²) in [5.74, 6) is 0.0181. The number of ether oxygens (including phenoxy) is 1. The fraction of sp³-hybridized carbons (Fsp3) is 0.643. The summed E-state index contributed by atoms with van der Waals surface area (Å²) in [5, 5.41) is 11.1. The van der Waals surface area contributed by atoms with Crippen LogP contribution in [0.5, 0.6) is 5.75 Å². The van der Waals surface area contributed by atoms with Crippen molar-refractivity contribution in [3.63, 3.8) is 0 Å². The molecule has 20 heavy (non-hydrogen) atoms. The second kappa shape index (κ2) is 5.56. The number of aryl methyl sites for hydroxylation is 1. The monoisotopic (exact) mass is 298 g/mol. The smallest absolute Gasteiger partial charge is 0.406 e. The Bertz CT molecular complexity index is 517. The van der Waals surface area contributed by atoms with E-state index in [0.29, 0.717) is 12.1 Å². The summed E-state index contributed by atoms with van der Waals surface area (Å²) in [6.45, 7) is 5.88. The Balaban J connectivity index is 2.25. The van der Waals surface area contributed by atoms with Crippen molar-refractivity contribution < 1.29 is 9.66 Å². The van der Waals surface area contributed by atoms with Gasteiger partial charge in [0.05, 0.1) is 0 Å². The zero-order valence-electron chi connectivity index (χ0n) is 11.9.